The van der Waals surface area contributed by atoms with E-state index in [-0.39, 0.29) is 30.3 Å². The molecule has 2 fully saturated rings. The monoisotopic (exact) mass is 381 g/mol. The number of carbonyl (C=O) groups excluding carboxylic acids is 2. The number of nitrogens with one attached hydrogen (secondary N) is 1. The molecule has 0 aromatic heterocycles. The molecule has 1 unspecified atom stereocenters. The highest BCUT2D eigenvalue weighted by atomic mass is 35.5. The predicted octanol–water partition coefficient (Wildman–Crippen LogP) is 1.93. The molecule has 1 aromatic carbocycles. The Balaban J connectivity index is 0.00000243. The SMILES string of the molecule is CCOc1ccccc1C(=O)N1CCCC1C(=O)N1CCN[C@H](C)C1.Cl. The van der Waals surface area contributed by atoms with Crippen LogP contribution in [0.1, 0.15) is 37.0 Å². The van der Waals surface area contributed by atoms with Gasteiger partial charge in [-0.3, -0.25) is 9.59 Å². The molecule has 7 heteroatoms. The van der Waals surface area contributed by atoms with E-state index in [0.29, 0.717) is 43.6 Å². The molecule has 1 aromatic rings. The van der Waals surface area contributed by atoms with Gasteiger partial charge in [0.1, 0.15) is 11.8 Å². The highest BCUT2D eigenvalue weighted by Gasteiger charge is 2.38. The van der Waals surface area contributed by atoms with Gasteiger partial charge in [-0.1, -0.05) is 12.1 Å². The number of carbonyl (C=O) groups is 2. The minimum Gasteiger partial charge on any atom is -0.493 e. The molecule has 0 aliphatic carbocycles. The lowest BCUT2D eigenvalue weighted by molar-refractivity contribution is -0.136. The lowest BCUT2D eigenvalue weighted by Gasteiger charge is -2.35. The largest absolute Gasteiger partial charge is 0.493 e. The molecule has 3 rings (SSSR count). The molecule has 2 aliphatic rings. The van der Waals surface area contributed by atoms with Crippen molar-refractivity contribution in [3.05, 3.63) is 29.8 Å². The zero-order chi connectivity index (χ0) is 17.8. The van der Waals surface area contributed by atoms with Crippen molar-refractivity contribution in [1.82, 2.24) is 15.1 Å². The fraction of sp³-hybridized carbons (Fsp3) is 0.579. The number of rotatable bonds is 4. The molecule has 1 N–H and O–H groups in total. The molecule has 6 nitrogen and oxygen atoms in total. The molecule has 26 heavy (non-hydrogen) atoms. The van der Waals surface area contributed by atoms with Crippen molar-refractivity contribution in [2.75, 3.05) is 32.8 Å². The maximum absolute atomic E-state index is 13.1. The molecular formula is C19H28ClN3O3. The van der Waals surface area contributed by atoms with E-state index in [4.69, 9.17) is 4.74 Å². The van der Waals surface area contributed by atoms with Crippen LogP contribution in [0, 0.1) is 0 Å². The van der Waals surface area contributed by atoms with Crippen LogP contribution in [-0.4, -0.2) is 66.5 Å². The van der Waals surface area contributed by atoms with E-state index < -0.39 is 0 Å². The van der Waals surface area contributed by atoms with Crippen LogP contribution in [0.15, 0.2) is 24.3 Å². The van der Waals surface area contributed by atoms with Gasteiger partial charge in [-0.25, -0.2) is 0 Å². The van der Waals surface area contributed by atoms with Crippen molar-refractivity contribution < 1.29 is 14.3 Å². The summed E-state index contributed by atoms with van der Waals surface area (Å²) in [5.41, 5.74) is 0.540. The van der Waals surface area contributed by atoms with Crippen LogP contribution >= 0.6 is 12.4 Å². The molecule has 2 atom stereocenters. The van der Waals surface area contributed by atoms with Crippen LogP contribution in [0.5, 0.6) is 5.75 Å². The van der Waals surface area contributed by atoms with Gasteiger partial charge in [0, 0.05) is 32.2 Å². The van der Waals surface area contributed by atoms with Crippen molar-refractivity contribution in [3.8, 4) is 5.75 Å². The molecule has 2 amide bonds. The number of hydrogen-bond acceptors (Lipinski definition) is 4. The smallest absolute Gasteiger partial charge is 0.258 e. The summed E-state index contributed by atoms with van der Waals surface area (Å²) in [6.07, 6.45) is 1.60. The van der Waals surface area contributed by atoms with Gasteiger partial charge in [0.2, 0.25) is 5.91 Å². The number of likely N-dealkylation sites (tertiary alicyclic amines) is 1. The second-order valence-electron chi connectivity index (χ2n) is 6.73. The summed E-state index contributed by atoms with van der Waals surface area (Å²) in [5, 5.41) is 3.35. The summed E-state index contributed by atoms with van der Waals surface area (Å²) in [7, 11) is 0. The lowest BCUT2D eigenvalue weighted by Crippen LogP contribution is -2.56. The molecule has 144 valence electrons. The third kappa shape index (κ3) is 4.30. The Morgan fingerprint density at radius 1 is 1.27 bits per heavy atom. The van der Waals surface area contributed by atoms with E-state index in [2.05, 4.69) is 12.2 Å². The maximum atomic E-state index is 13.1. The van der Waals surface area contributed by atoms with Crippen molar-refractivity contribution >= 4 is 24.2 Å². The van der Waals surface area contributed by atoms with Crippen LogP contribution in [0.2, 0.25) is 0 Å². The van der Waals surface area contributed by atoms with Crippen LogP contribution in [0.25, 0.3) is 0 Å². The Morgan fingerprint density at radius 2 is 2.04 bits per heavy atom. The Hall–Kier alpha value is -1.79. The first-order valence-electron chi connectivity index (χ1n) is 9.16. The van der Waals surface area contributed by atoms with Crippen LogP contribution < -0.4 is 10.1 Å². The predicted molar refractivity (Wildman–Crippen MR) is 103 cm³/mol. The number of para-hydroxylation sites is 1. The summed E-state index contributed by atoms with van der Waals surface area (Å²) >= 11 is 0. The quantitative estimate of drug-likeness (QED) is 0.865. The number of hydrogen-bond donors (Lipinski definition) is 1. The summed E-state index contributed by atoms with van der Waals surface area (Å²) in [5.74, 6) is 0.556. The van der Waals surface area contributed by atoms with Crippen molar-refractivity contribution in [2.24, 2.45) is 0 Å². The van der Waals surface area contributed by atoms with Gasteiger partial charge in [0.25, 0.3) is 5.91 Å². The van der Waals surface area contributed by atoms with Crippen molar-refractivity contribution in [1.29, 1.82) is 0 Å². The number of piperazine rings is 1. The molecular weight excluding hydrogens is 354 g/mol. The molecule has 2 heterocycles. The second-order valence-corrected chi connectivity index (χ2v) is 6.73. The fourth-order valence-corrected chi connectivity index (χ4v) is 3.69. The molecule has 0 radical (unpaired) electrons. The number of benzene rings is 1. The van der Waals surface area contributed by atoms with Gasteiger partial charge in [-0.05, 0) is 38.8 Å². The fourth-order valence-electron chi connectivity index (χ4n) is 3.69. The second kappa shape index (κ2) is 9.24. The van der Waals surface area contributed by atoms with Crippen molar-refractivity contribution in [2.45, 2.75) is 38.8 Å². The Morgan fingerprint density at radius 3 is 2.77 bits per heavy atom. The molecule has 0 saturated carbocycles. The highest BCUT2D eigenvalue weighted by Crippen LogP contribution is 2.26. The van der Waals surface area contributed by atoms with Gasteiger partial charge in [-0.15, -0.1) is 12.4 Å². The zero-order valence-corrected chi connectivity index (χ0v) is 16.3. The Kier molecular flexibility index (Phi) is 7.29. The first-order valence-corrected chi connectivity index (χ1v) is 9.16. The van der Waals surface area contributed by atoms with E-state index >= 15 is 0 Å². The van der Waals surface area contributed by atoms with Crippen LogP contribution in [0.4, 0.5) is 0 Å². The Bertz CT molecular complexity index is 640. The number of halogens is 1. The minimum atomic E-state index is -0.354. The van der Waals surface area contributed by atoms with Gasteiger partial charge in [0.15, 0.2) is 0 Å². The van der Waals surface area contributed by atoms with E-state index in [1.54, 1.807) is 11.0 Å². The molecule has 0 bridgehead atoms. The van der Waals surface area contributed by atoms with Crippen molar-refractivity contribution in [3.63, 3.8) is 0 Å². The normalized spacial score (nSPS) is 22.7. The number of ether oxygens (including phenoxy) is 1. The topological polar surface area (TPSA) is 61.9 Å². The number of amides is 2. The first-order chi connectivity index (χ1) is 12.1. The summed E-state index contributed by atoms with van der Waals surface area (Å²) in [4.78, 5) is 29.7. The summed E-state index contributed by atoms with van der Waals surface area (Å²) in [6.45, 7) is 7.32. The standard InChI is InChI=1S/C19H27N3O3.ClH/c1-3-25-17-9-5-4-7-15(17)18(23)22-11-6-8-16(22)19(24)21-12-10-20-14(2)13-21;/h4-5,7,9,14,16,20H,3,6,8,10-13H2,1-2H3;1H/t14-,16?;/m1./s1. The van der Waals surface area contributed by atoms with Gasteiger partial charge in [0.05, 0.1) is 12.2 Å². The third-order valence-electron chi connectivity index (χ3n) is 4.90. The van der Waals surface area contributed by atoms with E-state index in [0.717, 1.165) is 19.4 Å². The molecule has 2 aliphatic heterocycles. The average molecular weight is 382 g/mol. The van der Waals surface area contributed by atoms with Gasteiger partial charge in [-0.2, -0.15) is 0 Å². The molecule has 2 saturated heterocycles. The van der Waals surface area contributed by atoms with Gasteiger partial charge < -0.3 is 19.9 Å². The van der Waals surface area contributed by atoms with E-state index in [1.165, 1.54) is 0 Å². The van der Waals surface area contributed by atoms with Crippen LogP contribution in [-0.2, 0) is 4.79 Å². The number of nitrogens with zero attached hydrogens (tertiary/aromatic N) is 2. The first kappa shape index (κ1) is 20.5. The van der Waals surface area contributed by atoms with E-state index in [1.807, 2.05) is 30.0 Å². The van der Waals surface area contributed by atoms with Gasteiger partial charge >= 0.3 is 0 Å². The highest BCUT2D eigenvalue weighted by molar-refractivity contribution is 6.00. The summed E-state index contributed by atoms with van der Waals surface area (Å²) in [6, 6.07) is 7.22. The van der Waals surface area contributed by atoms with Crippen LogP contribution in [0.3, 0.4) is 0 Å². The van der Waals surface area contributed by atoms with E-state index in [9.17, 15) is 9.59 Å². The summed E-state index contributed by atoms with van der Waals surface area (Å²) < 4.78 is 5.59. The zero-order valence-electron chi connectivity index (χ0n) is 15.4. The molecule has 0 spiro atoms. The minimum absolute atomic E-state index is 0. The lowest BCUT2D eigenvalue weighted by atomic mass is 10.1. The maximum Gasteiger partial charge on any atom is 0.258 e. The third-order valence-corrected chi connectivity index (χ3v) is 4.90. The Labute approximate surface area is 161 Å². The average Bonchev–Trinajstić information content (AvgIpc) is 3.11.